The minimum Gasteiger partial charge on any atom is -0.0622 e. The first-order valence-electron chi connectivity index (χ1n) is 10.8. The lowest BCUT2D eigenvalue weighted by Crippen LogP contribution is -2.29. The largest absolute Gasteiger partial charge is 0.0719 e. The van der Waals surface area contributed by atoms with Crippen molar-refractivity contribution in [2.75, 3.05) is 0 Å². The molecule has 31 heavy (non-hydrogen) atoms. The van der Waals surface area contributed by atoms with Gasteiger partial charge in [-0.1, -0.05) is 133 Å². The molecule has 0 N–H and O–H groups in total. The maximum atomic E-state index is 2.31. The van der Waals surface area contributed by atoms with Crippen molar-refractivity contribution < 1.29 is 0 Å². The Morgan fingerprint density at radius 3 is 1.26 bits per heavy atom. The molecule has 0 radical (unpaired) electrons. The number of rotatable bonds is 3. The Kier molecular flexibility index (Phi) is 4.11. The van der Waals surface area contributed by atoms with Crippen LogP contribution in [0.25, 0.3) is 22.3 Å². The van der Waals surface area contributed by atoms with Gasteiger partial charge >= 0.3 is 0 Å². The van der Waals surface area contributed by atoms with Gasteiger partial charge in [-0.05, 0) is 44.5 Å². The molecule has 0 nitrogen and oxygen atoms in total. The summed E-state index contributed by atoms with van der Waals surface area (Å²) >= 11 is 0. The molecule has 0 fully saturated rings. The van der Waals surface area contributed by atoms with E-state index in [2.05, 4.69) is 133 Å². The van der Waals surface area contributed by atoms with Gasteiger partial charge in [-0.15, -0.1) is 0 Å². The van der Waals surface area contributed by atoms with Crippen LogP contribution in [0.2, 0.25) is 0 Å². The van der Waals surface area contributed by atoms with Gasteiger partial charge in [0.15, 0.2) is 0 Å². The fourth-order valence-corrected chi connectivity index (χ4v) is 5.36. The molecule has 0 saturated carbocycles. The van der Waals surface area contributed by atoms with Gasteiger partial charge in [0.05, 0.1) is 5.41 Å². The van der Waals surface area contributed by atoms with Crippen molar-refractivity contribution in [1.82, 2.24) is 0 Å². The Morgan fingerprint density at radius 2 is 0.710 bits per heavy atom. The maximum Gasteiger partial charge on any atom is 0.0719 e. The first-order chi connectivity index (χ1) is 15.4. The third kappa shape index (κ3) is 2.55. The zero-order valence-electron chi connectivity index (χ0n) is 17.2. The normalized spacial score (nSPS) is 13.4. The van der Waals surface area contributed by atoms with Crippen LogP contribution in [0.3, 0.4) is 0 Å². The molecule has 0 aliphatic heterocycles. The molecule has 0 aromatic heterocycles. The van der Waals surface area contributed by atoms with Crippen molar-refractivity contribution in [2.45, 2.75) is 5.41 Å². The van der Waals surface area contributed by atoms with Crippen LogP contribution in [0.1, 0.15) is 22.3 Å². The van der Waals surface area contributed by atoms with Crippen LogP contribution >= 0.6 is 0 Å². The highest BCUT2D eigenvalue weighted by Crippen LogP contribution is 2.57. The Hall–Kier alpha value is -3.90. The summed E-state index contributed by atoms with van der Waals surface area (Å²) < 4.78 is 0. The summed E-state index contributed by atoms with van der Waals surface area (Å²) in [5.41, 5.74) is 10.1. The van der Waals surface area contributed by atoms with Gasteiger partial charge in [0.2, 0.25) is 0 Å². The van der Waals surface area contributed by atoms with E-state index in [4.69, 9.17) is 0 Å². The Bertz CT molecular complexity index is 1320. The molecule has 5 aromatic carbocycles. The van der Waals surface area contributed by atoms with Gasteiger partial charge in [-0.2, -0.15) is 0 Å². The summed E-state index contributed by atoms with van der Waals surface area (Å²) in [6, 6.07) is 48.4. The molecular formula is C31H22. The van der Waals surface area contributed by atoms with Gasteiger partial charge in [0.25, 0.3) is 0 Å². The standard InChI is InChI=1S/C31H22/c1-3-13-23(14-4-1)25-17-7-10-20-28(25)31(24-15-5-2-6-16-24)29-21-11-8-18-26(29)27-19-9-12-22-30(27)31/h1-22H. The minimum atomic E-state index is -0.360. The van der Waals surface area contributed by atoms with Crippen LogP contribution in [0.5, 0.6) is 0 Å². The second-order valence-electron chi connectivity index (χ2n) is 8.12. The first-order valence-corrected chi connectivity index (χ1v) is 10.8. The monoisotopic (exact) mass is 394 g/mol. The molecule has 1 aliphatic carbocycles. The van der Waals surface area contributed by atoms with Crippen LogP contribution in [0.4, 0.5) is 0 Å². The van der Waals surface area contributed by atoms with Gasteiger partial charge in [0, 0.05) is 0 Å². The quantitative estimate of drug-likeness (QED) is 0.288. The third-order valence-corrected chi connectivity index (χ3v) is 6.57. The molecule has 5 aromatic rings. The summed E-state index contributed by atoms with van der Waals surface area (Å²) in [5, 5.41) is 0. The van der Waals surface area contributed by atoms with Crippen molar-refractivity contribution in [2.24, 2.45) is 0 Å². The van der Waals surface area contributed by atoms with Gasteiger partial charge in [-0.25, -0.2) is 0 Å². The summed E-state index contributed by atoms with van der Waals surface area (Å²) in [7, 11) is 0. The SMILES string of the molecule is c1ccc(-c2ccccc2C2(c3ccccc3)c3ccccc3-c3ccccc32)cc1. The first kappa shape index (κ1) is 17.9. The van der Waals surface area contributed by atoms with Crippen molar-refractivity contribution in [3.05, 3.63) is 156 Å². The van der Waals surface area contributed by atoms with Gasteiger partial charge in [-0.3, -0.25) is 0 Å². The molecule has 0 heterocycles. The highest BCUT2D eigenvalue weighted by molar-refractivity contribution is 5.88. The van der Waals surface area contributed by atoms with E-state index >= 15 is 0 Å². The summed E-state index contributed by atoms with van der Waals surface area (Å²) in [4.78, 5) is 0. The molecule has 6 rings (SSSR count). The van der Waals surface area contributed by atoms with Crippen molar-refractivity contribution >= 4 is 0 Å². The smallest absolute Gasteiger partial charge is 0.0622 e. The average Bonchev–Trinajstić information content (AvgIpc) is 3.16. The van der Waals surface area contributed by atoms with Crippen molar-refractivity contribution in [3.63, 3.8) is 0 Å². The molecule has 0 amide bonds. The van der Waals surface area contributed by atoms with Crippen LogP contribution in [0, 0.1) is 0 Å². The number of benzene rings is 5. The van der Waals surface area contributed by atoms with E-state index in [9.17, 15) is 0 Å². The van der Waals surface area contributed by atoms with E-state index in [0.29, 0.717) is 0 Å². The lowest BCUT2D eigenvalue weighted by molar-refractivity contribution is 0.770. The van der Waals surface area contributed by atoms with Crippen LogP contribution in [-0.2, 0) is 5.41 Å². The molecule has 0 unspecified atom stereocenters. The molecule has 0 atom stereocenters. The van der Waals surface area contributed by atoms with Crippen LogP contribution in [-0.4, -0.2) is 0 Å². The molecule has 146 valence electrons. The Morgan fingerprint density at radius 1 is 0.323 bits per heavy atom. The minimum absolute atomic E-state index is 0.360. The number of fused-ring (bicyclic) bond motifs is 3. The predicted octanol–water partition coefficient (Wildman–Crippen LogP) is 7.72. The molecular weight excluding hydrogens is 372 g/mol. The van der Waals surface area contributed by atoms with Gasteiger partial charge in [0.1, 0.15) is 0 Å². The van der Waals surface area contributed by atoms with Crippen LogP contribution in [0.15, 0.2) is 133 Å². The molecule has 0 spiro atoms. The number of hydrogen-bond donors (Lipinski definition) is 0. The highest BCUT2D eigenvalue weighted by Gasteiger charge is 2.46. The predicted molar refractivity (Wildman–Crippen MR) is 129 cm³/mol. The highest BCUT2D eigenvalue weighted by atomic mass is 14.5. The summed E-state index contributed by atoms with van der Waals surface area (Å²) in [6.07, 6.45) is 0. The zero-order valence-corrected chi connectivity index (χ0v) is 17.2. The topological polar surface area (TPSA) is 0 Å². The fourth-order valence-electron chi connectivity index (χ4n) is 5.36. The van der Waals surface area contributed by atoms with E-state index in [1.807, 2.05) is 0 Å². The second kappa shape index (κ2) is 7.11. The zero-order chi connectivity index (χ0) is 20.7. The number of hydrogen-bond acceptors (Lipinski definition) is 0. The lowest BCUT2D eigenvalue weighted by atomic mass is 9.66. The maximum absolute atomic E-state index is 2.31. The second-order valence-corrected chi connectivity index (χ2v) is 8.12. The van der Waals surface area contributed by atoms with E-state index in [-0.39, 0.29) is 5.41 Å². The van der Waals surface area contributed by atoms with E-state index in [0.717, 1.165) is 0 Å². The summed E-state index contributed by atoms with van der Waals surface area (Å²) in [6.45, 7) is 0. The molecule has 0 heteroatoms. The van der Waals surface area contributed by atoms with E-state index in [1.165, 1.54) is 44.5 Å². The summed E-state index contributed by atoms with van der Waals surface area (Å²) in [5.74, 6) is 0. The Balaban J connectivity index is 1.80. The lowest BCUT2D eigenvalue weighted by Gasteiger charge is -2.35. The average molecular weight is 395 g/mol. The molecule has 1 aliphatic rings. The van der Waals surface area contributed by atoms with E-state index < -0.39 is 0 Å². The molecule has 0 saturated heterocycles. The van der Waals surface area contributed by atoms with Crippen molar-refractivity contribution in [1.29, 1.82) is 0 Å². The Labute approximate surface area is 183 Å². The molecule has 0 bridgehead atoms. The third-order valence-electron chi connectivity index (χ3n) is 6.57. The van der Waals surface area contributed by atoms with E-state index in [1.54, 1.807) is 0 Å². The van der Waals surface area contributed by atoms with Crippen LogP contribution < -0.4 is 0 Å². The fraction of sp³-hybridized carbons (Fsp3) is 0.0323. The van der Waals surface area contributed by atoms with Gasteiger partial charge < -0.3 is 0 Å². The van der Waals surface area contributed by atoms with Crippen molar-refractivity contribution in [3.8, 4) is 22.3 Å².